The van der Waals surface area contributed by atoms with Crippen LogP contribution >= 0.6 is 11.8 Å². The molecular weight excluding hydrogens is 235 g/mol. The zero-order valence-corrected chi connectivity index (χ0v) is 10.4. The lowest BCUT2D eigenvalue weighted by molar-refractivity contribution is 0.475. The van der Waals surface area contributed by atoms with Gasteiger partial charge in [-0.05, 0) is 54.2 Å². The van der Waals surface area contributed by atoms with Gasteiger partial charge in [-0.15, -0.1) is 11.8 Å². The fourth-order valence-corrected chi connectivity index (χ4v) is 3.02. The average Bonchev–Trinajstić information content (AvgIpc) is 3.12. The molecule has 0 saturated heterocycles. The molecule has 0 aromatic heterocycles. The van der Waals surface area contributed by atoms with Crippen molar-refractivity contribution in [1.82, 2.24) is 0 Å². The van der Waals surface area contributed by atoms with Gasteiger partial charge in [-0.2, -0.15) is 0 Å². The monoisotopic (exact) mass is 248 g/mol. The van der Waals surface area contributed by atoms with Gasteiger partial charge in [0, 0.05) is 10.3 Å². The highest BCUT2D eigenvalue weighted by Gasteiger charge is 2.29. The number of benzene rings is 2. The Labute approximate surface area is 104 Å². The molecule has 0 spiro atoms. The summed E-state index contributed by atoms with van der Waals surface area (Å²) in [6.07, 6.45) is 4.10. The van der Waals surface area contributed by atoms with Crippen LogP contribution in [0.2, 0.25) is 0 Å². The third-order valence-corrected chi connectivity index (χ3v) is 4.02. The van der Waals surface area contributed by atoms with Crippen LogP contribution in [0.1, 0.15) is 24.3 Å². The van der Waals surface area contributed by atoms with Crippen LogP contribution < -0.4 is 0 Å². The molecule has 88 valence electrons. The Morgan fingerprint density at radius 3 is 2.71 bits per heavy atom. The fourth-order valence-electron chi connectivity index (χ4n) is 2.35. The number of fused-ring (bicyclic) bond motifs is 1. The molecule has 3 heteroatoms. The summed E-state index contributed by atoms with van der Waals surface area (Å²) in [7, 11) is 0. The Hall–Kier alpha value is -1.22. The quantitative estimate of drug-likeness (QED) is 0.800. The molecule has 0 atom stereocenters. The second-order valence-corrected chi connectivity index (χ2v) is 5.33. The summed E-state index contributed by atoms with van der Waals surface area (Å²) < 4.78 is 14.0. The molecule has 0 heterocycles. The molecule has 0 unspecified atom stereocenters. The van der Waals surface area contributed by atoms with Crippen molar-refractivity contribution in [3.05, 3.63) is 35.6 Å². The van der Waals surface area contributed by atoms with Gasteiger partial charge in [0.15, 0.2) is 0 Å². The normalized spacial score (nSPS) is 15.4. The predicted octanol–water partition coefficient (Wildman–Crippen LogP) is 4.28. The summed E-state index contributed by atoms with van der Waals surface area (Å²) in [5.74, 6) is 0.505. The first-order chi connectivity index (χ1) is 8.20. The number of thioether (sulfide) groups is 1. The maximum atomic E-state index is 14.0. The molecule has 1 fully saturated rings. The minimum atomic E-state index is -0.110. The number of rotatable bonds is 2. The van der Waals surface area contributed by atoms with Crippen molar-refractivity contribution in [2.45, 2.75) is 23.7 Å². The van der Waals surface area contributed by atoms with Crippen molar-refractivity contribution < 1.29 is 9.50 Å². The number of halogens is 1. The second kappa shape index (κ2) is 3.91. The topological polar surface area (TPSA) is 20.2 Å². The summed E-state index contributed by atoms with van der Waals surface area (Å²) in [6, 6.07) is 6.69. The van der Waals surface area contributed by atoms with E-state index in [0.29, 0.717) is 5.92 Å². The first kappa shape index (κ1) is 10.9. The highest BCUT2D eigenvalue weighted by atomic mass is 32.2. The van der Waals surface area contributed by atoms with Gasteiger partial charge in [0.1, 0.15) is 11.6 Å². The van der Waals surface area contributed by atoms with E-state index in [1.807, 2.05) is 6.26 Å². The smallest absolute Gasteiger partial charge is 0.127 e. The van der Waals surface area contributed by atoms with Crippen molar-refractivity contribution in [2.24, 2.45) is 0 Å². The van der Waals surface area contributed by atoms with Crippen molar-refractivity contribution >= 4 is 22.5 Å². The Bertz CT molecular complexity index is 590. The van der Waals surface area contributed by atoms with Crippen molar-refractivity contribution in [1.29, 1.82) is 0 Å². The SMILES string of the molecule is CSc1cc(O)cc2ccc(F)c(C3CC3)c12. The van der Waals surface area contributed by atoms with Crippen LogP contribution in [0.3, 0.4) is 0 Å². The molecule has 1 aliphatic carbocycles. The van der Waals surface area contributed by atoms with E-state index < -0.39 is 0 Å². The van der Waals surface area contributed by atoms with Crippen LogP contribution in [0, 0.1) is 5.82 Å². The van der Waals surface area contributed by atoms with Crippen molar-refractivity contribution in [2.75, 3.05) is 6.26 Å². The van der Waals surface area contributed by atoms with Gasteiger partial charge in [0.25, 0.3) is 0 Å². The van der Waals surface area contributed by atoms with Gasteiger partial charge in [-0.3, -0.25) is 0 Å². The summed E-state index contributed by atoms with van der Waals surface area (Å²) in [5, 5.41) is 11.6. The third-order valence-electron chi connectivity index (χ3n) is 3.26. The van der Waals surface area contributed by atoms with E-state index in [0.717, 1.165) is 34.1 Å². The van der Waals surface area contributed by atoms with E-state index in [1.54, 1.807) is 30.0 Å². The van der Waals surface area contributed by atoms with Crippen LogP contribution in [0.25, 0.3) is 10.8 Å². The average molecular weight is 248 g/mol. The van der Waals surface area contributed by atoms with Gasteiger partial charge in [-0.1, -0.05) is 6.07 Å². The summed E-state index contributed by atoms with van der Waals surface area (Å²) in [5.41, 5.74) is 0.840. The van der Waals surface area contributed by atoms with Crippen LogP contribution in [0.5, 0.6) is 5.75 Å². The van der Waals surface area contributed by atoms with Gasteiger partial charge < -0.3 is 5.11 Å². The Morgan fingerprint density at radius 2 is 2.06 bits per heavy atom. The largest absolute Gasteiger partial charge is 0.508 e. The Kier molecular flexibility index (Phi) is 2.51. The zero-order valence-electron chi connectivity index (χ0n) is 9.53. The Balaban J connectivity index is 2.39. The van der Waals surface area contributed by atoms with E-state index in [9.17, 15) is 9.50 Å². The van der Waals surface area contributed by atoms with Gasteiger partial charge in [0.2, 0.25) is 0 Å². The van der Waals surface area contributed by atoms with Gasteiger partial charge >= 0.3 is 0 Å². The first-order valence-electron chi connectivity index (χ1n) is 5.70. The maximum absolute atomic E-state index is 14.0. The molecular formula is C14H13FOS. The summed E-state index contributed by atoms with van der Waals surface area (Å²) in [6.45, 7) is 0. The number of aromatic hydroxyl groups is 1. The number of phenols is 1. The molecule has 1 nitrogen and oxygen atoms in total. The van der Waals surface area contributed by atoms with Gasteiger partial charge in [-0.25, -0.2) is 4.39 Å². The number of hydrogen-bond donors (Lipinski definition) is 1. The fraction of sp³-hybridized carbons (Fsp3) is 0.286. The predicted molar refractivity (Wildman–Crippen MR) is 69.3 cm³/mol. The van der Waals surface area contributed by atoms with Gasteiger partial charge in [0.05, 0.1) is 0 Å². The van der Waals surface area contributed by atoms with E-state index in [-0.39, 0.29) is 11.6 Å². The molecule has 0 radical (unpaired) electrons. The van der Waals surface area contributed by atoms with Crippen molar-refractivity contribution in [3.8, 4) is 5.75 Å². The first-order valence-corrected chi connectivity index (χ1v) is 6.92. The molecule has 0 amide bonds. The molecule has 1 aliphatic rings. The number of phenolic OH excluding ortho intramolecular Hbond substituents is 1. The Morgan fingerprint density at radius 1 is 1.29 bits per heavy atom. The van der Waals surface area contributed by atoms with Crippen LogP contribution in [0.15, 0.2) is 29.2 Å². The number of hydrogen-bond acceptors (Lipinski definition) is 2. The molecule has 1 N–H and O–H groups in total. The maximum Gasteiger partial charge on any atom is 0.127 e. The molecule has 0 aliphatic heterocycles. The van der Waals surface area contributed by atoms with Crippen LogP contribution in [-0.2, 0) is 0 Å². The molecule has 17 heavy (non-hydrogen) atoms. The van der Waals surface area contributed by atoms with E-state index in [4.69, 9.17) is 0 Å². The van der Waals surface area contributed by atoms with E-state index >= 15 is 0 Å². The van der Waals surface area contributed by atoms with Crippen molar-refractivity contribution in [3.63, 3.8) is 0 Å². The standard InChI is InChI=1S/C14H13FOS/c1-17-12-7-10(16)6-9-4-5-11(15)13(14(9)12)8-2-3-8/h4-8,16H,2-3H2,1H3. The van der Waals surface area contributed by atoms with E-state index in [2.05, 4.69) is 0 Å². The molecule has 2 aromatic rings. The summed E-state index contributed by atoms with van der Waals surface area (Å²) in [4.78, 5) is 0.960. The lowest BCUT2D eigenvalue weighted by Crippen LogP contribution is -1.91. The minimum Gasteiger partial charge on any atom is -0.508 e. The van der Waals surface area contributed by atoms with E-state index in [1.165, 1.54) is 6.07 Å². The molecule has 2 aromatic carbocycles. The molecule has 1 saturated carbocycles. The highest BCUT2D eigenvalue weighted by molar-refractivity contribution is 7.98. The third kappa shape index (κ3) is 1.78. The minimum absolute atomic E-state index is 0.110. The second-order valence-electron chi connectivity index (χ2n) is 4.48. The lowest BCUT2D eigenvalue weighted by Gasteiger charge is -2.11. The lowest BCUT2D eigenvalue weighted by atomic mass is 10.00. The van der Waals surface area contributed by atoms with Crippen LogP contribution in [0.4, 0.5) is 4.39 Å². The summed E-state index contributed by atoms with van der Waals surface area (Å²) >= 11 is 1.55. The highest BCUT2D eigenvalue weighted by Crippen LogP contribution is 2.47. The molecule has 0 bridgehead atoms. The van der Waals surface area contributed by atoms with Crippen LogP contribution in [-0.4, -0.2) is 11.4 Å². The zero-order chi connectivity index (χ0) is 12.0. The molecule has 3 rings (SSSR count).